The Hall–Kier alpha value is -0.910. The molecular formula is C14H22ClN3O2. The van der Waals surface area contributed by atoms with Crippen LogP contribution in [0.25, 0.3) is 0 Å². The Morgan fingerprint density at radius 3 is 3.00 bits per heavy atom. The number of rotatable bonds is 6. The largest absolute Gasteiger partial charge is 0.376 e. The summed E-state index contributed by atoms with van der Waals surface area (Å²) in [5.74, 6) is 1.43. The Bertz CT molecular complexity index is 425. The van der Waals surface area contributed by atoms with Crippen molar-refractivity contribution in [3.63, 3.8) is 0 Å². The van der Waals surface area contributed by atoms with Crippen LogP contribution in [0.5, 0.6) is 0 Å². The van der Waals surface area contributed by atoms with E-state index in [1.807, 2.05) is 14.0 Å². The molecule has 2 heterocycles. The van der Waals surface area contributed by atoms with Gasteiger partial charge in [0.05, 0.1) is 6.10 Å². The third-order valence-corrected chi connectivity index (χ3v) is 3.50. The van der Waals surface area contributed by atoms with Gasteiger partial charge in [-0.25, -0.2) is 9.97 Å². The van der Waals surface area contributed by atoms with Gasteiger partial charge in [0.15, 0.2) is 5.82 Å². The molecule has 1 fully saturated rings. The third kappa shape index (κ3) is 4.58. The summed E-state index contributed by atoms with van der Waals surface area (Å²) in [6.45, 7) is 4.65. The molecule has 1 aromatic heterocycles. The Morgan fingerprint density at radius 1 is 1.45 bits per heavy atom. The number of halogens is 1. The number of hydrogen-bond donors (Lipinski definition) is 0. The maximum absolute atomic E-state index is 6.05. The molecule has 0 spiro atoms. The van der Waals surface area contributed by atoms with Crippen molar-refractivity contribution in [1.29, 1.82) is 0 Å². The first-order valence-corrected chi connectivity index (χ1v) is 7.50. The summed E-state index contributed by atoms with van der Waals surface area (Å²) >= 11 is 6.05. The van der Waals surface area contributed by atoms with E-state index in [2.05, 4.69) is 14.9 Å². The van der Waals surface area contributed by atoms with Crippen molar-refractivity contribution in [1.82, 2.24) is 9.97 Å². The molecule has 0 saturated carbocycles. The van der Waals surface area contributed by atoms with E-state index in [0.717, 1.165) is 31.8 Å². The van der Waals surface area contributed by atoms with Gasteiger partial charge < -0.3 is 14.4 Å². The third-order valence-electron chi connectivity index (χ3n) is 3.31. The molecule has 1 saturated heterocycles. The second kappa shape index (κ2) is 7.76. The number of hydrogen-bond acceptors (Lipinski definition) is 5. The predicted molar refractivity (Wildman–Crippen MR) is 79.2 cm³/mol. The van der Waals surface area contributed by atoms with E-state index < -0.39 is 0 Å². The fourth-order valence-electron chi connectivity index (χ4n) is 2.26. The minimum absolute atomic E-state index is 0.276. The van der Waals surface area contributed by atoms with Crippen LogP contribution in [0.15, 0.2) is 6.07 Å². The lowest BCUT2D eigenvalue weighted by Gasteiger charge is -2.28. The standard InChI is InChI=1S/C14H22ClN3O2/c1-3-19-10-13-16-12(15)8-14(17-13)18(2)9-11-6-4-5-7-20-11/h8,11H,3-7,9-10H2,1-2H3. The highest BCUT2D eigenvalue weighted by molar-refractivity contribution is 6.29. The highest BCUT2D eigenvalue weighted by atomic mass is 35.5. The molecule has 0 aromatic carbocycles. The first-order chi connectivity index (χ1) is 9.69. The van der Waals surface area contributed by atoms with Crippen molar-refractivity contribution in [3.05, 3.63) is 17.0 Å². The molecule has 2 rings (SSSR count). The van der Waals surface area contributed by atoms with Gasteiger partial charge in [-0.2, -0.15) is 0 Å². The van der Waals surface area contributed by atoms with E-state index in [1.54, 1.807) is 6.07 Å². The monoisotopic (exact) mass is 299 g/mol. The number of likely N-dealkylation sites (N-methyl/N-ethyl adjacent to an activating group) is 1. The zero-order valence-corrected chi connectivity index (χ0v) is 12.9. The summed E-state index contributed by atoms with van der Waals surface area (Å²) in [6.07, 6.45) is 3.78. The van der Waals surface area contributed by atoms with Crippen molar-refractivity contribution in [2.24, 2.45) is 0 Å². The maximum Gasteiger partial charge on any atom is 0.158 e. The van der Waals surface area contributed by atoms with Crippen molar-refractivity contribution in [2.45, 2.75) is 38.9 Å². The molecule has 1 aliphatic rings. The lowest BCUT2D eigenvalue weighted by molar-refractivity contribution is 0.0215. The molecule has 1 atom stereocenters. The van der Waals surface area contributed by atoms with Crippen LogP contribution >= 0.6 is 11.6 Å². The molecule has 6 heteroatoms. The van der Waals surface area contributed by atoms with Crippen molar-refractivity contribution < 1.29 is 9.47 Å². The number of anilines is 1. The van der Waals surface area contributed by atoms with E-state index in [9.17, 15) is 0 Å². The van der Waals surface area contributed by atoms with Crippen molar-refractivity contribution in [3.8, 4) is 0 Å². The van der Waals surface area contributed by atoms with E-state index in [-0.39, 0.29) is 6.10 Å². The second-order valence-electron chi connectivity index (χ2n) is 4.97. The molecule has 1 aliphatic heterocycles. The minimum Gasteiger partial charge on any atom is -0.376 e. The molecule has 5 nitrogen and oxygen atoms in total. The van der Waals surface area contributed by atoms with Crippen LogP contribution in [0.3, 0.4) is 0 Å². The molecular weight excluding hydrogens is 278 g/mol. The zero-order chi connectivity index (χ0) is 14.4. The summed E-state index contributed by atoms with van der Waals surface area (Å²) < 4.78 is 11.1. The topological polar surface area (TPSA) is 47.5 Å². The quantitative estimate of drug-likeness (QED) is 0.756. The number of aromatic nitrogens is 2. The van der Waals surface area contributed by atoms with Crippen molar-refractivity contribution >= 4 is 17.4 Å². The summed E-state index contributed by atoms with van der Waals surface area (Å²) in [6, 6.07) is 1.78. The Kier molecular flexibility index (Phi) is 6.01. The molecule has 0 aliphatic carbocycles. The Morgan fingerprint density at radius 2 is 2.30 bits per heavy atom. The van der Waals surface area contributed by atoms with Gasteiger partial charge in [0.25, 0.3) is 0 Å². The van der Waals surface area contributed by atoms with E-state index >= 15 is 0 Å². The molecule has 0 N–H and O–H groups in total. The molecule has 0 bridgehead atoms. The molecule has 112 valence electrons. The van der Waals surface area contributed by atoms with Gasteiger partial charge in [0, 0.05) is 32.9 Å². The lowest BCUT2D eigenvalue weighted by Crippen LogP contribution is -2.34. The smallest absolute Gasteiger partial charge is 0.158 e. The molecule has 1 aromatic rings. The highest BCUT2D eigenvalue weighted by Gasteiger charge is 2.17. The van der Waals surface area contributed by atoms with Gasteiger partial charge in [-0.3, -0.25) is 0 Å². The van der Waals surface area contributed by atoms with Gasteiger partial charge in [-0.15, -0.1) is 0 Å². The number of nitrogens with zero attached hydrogens (tertiary/aromatic N) is 3. The molecule has 0 amide bonds. The van der Waals surface area contributed by atoms with Gasteiger partial charge in [0.2, 0.25) is 0 Å². The fraction of sp³-hybridized carbons (Fsp3) is 0.714. The van der Waals surface area contributed by atoms with Crippen LogP contribution in [0.1, 0.15) is 32.0 Å². The van der Waals surface area contributed by atoms with E-state index in [0.29, 0.717) is 24.2 Å². The van der Waals surface area contributed by atoms with Crippen LogP contribution in [-0.4, -0.2) is 42.9 Å². The summed E-state index contributed by atoms with van der Waals surface area (Å²) in [7, 11) is 2.00. The van der Waals surface area contributed by atoms with E-state index in [4.69, 9.17) is 21.1 Å². The van der Waals surface area contributed by atoms with Crippen molar-refractivity contribution in [2.75, 3.05) is 31.7 Å². The average Bonchev–Trinajstić information content (AvgIpc) is 2.45. The average molecular weight is 300 g/mol. The van der Waals surface area contributed by atoms with Crippen LogP contribution in [0.2, 0.25) is 5.15 Å². The normalized spacial score (nSPS) is 19.1. The fourth-order valence-corrected chi connectivity index (χ4v) is 2.45. The zero-order valence-electron chi connectivity index (χ0n) is 12.1. The van der Waals surface area contributed by atoms with Crippen LogP contribution < -0.4 is 4.90 Å². The summed E-state index contributed by atoms with van der Waals surface area (Å²) in [4.78, 5) is 10.7. The Labute approximate surface area is 125 Å². The second-order valence-corrected chi connectivity index (χ2v) is 5.36. The first-order valence-electron chi connectivity index (χ1n) is 7.13. The van der Waals surface area contributed by atoms with Gasteiger partial charge in [-0.05, 0) is 26.2 Å². The van der Waals surface area contributed by atoms with E-state index in [1.165, 1.54) is 6.42 Å². The molecule has 0 radical (unpaired) electrons. The predicted octanol–water partition coefficient (Wildman–Crippen LogP) is 2.67. The summed E-state index contributed by atoms with van der Waals surface area (Å²) in [5, 5.41) is 0.445. The van der Waals surface area contributed by atoms with Gasteiger partial charge in [-0.1, -0.05) is 11.6 Å². The SMILES string of the molecule is CCOCc1nc(Cl)cc(N(C)CC2CCCCO2)n1. The lowest BCUT2D eigenvalue weighted by atomic mass is 10.1. The van der Waals surface area contributed by atoms with Crippen LogP contribution in [-0.2, 0) is 16.1 Å². The molecule has 1 unspecified atom stereocenters. The first kappa shape index (κ1) is 15.5. The maximum atomic E-state index is 6.05. The van der Waals surface area contributed by atoms with Crippen LogP contribution in [0, 0.1) is 0 Å². The van der Waals surface area contributed by atoms with Gasteiger partial charge >= 0.3 is 0 Å². The minimum atomic E-state index is 0.276. The highest BCUT2D eigenvalue weighted by Crippen LogP contribution is 2.19. The molecule has 20 heavy (non-hydrogen) atoms. The summed E-state index contributed by atoms with van der Waals surface area (Å²) in [5.41, 5.74) is 0. The van der Waals surface area contributed by atoms with Gasteiger partial charge in [0.1, 0.15) is 17.6 Å². The number of ether oxygens (including phenoxy) is 2. The van der Waals surface area contributed by atoms with Crippen LogP contribution in [0.4, 0.5) is 5.82 Å². The Balaban J connectivity index is 2.00.